The van der Waals surface area contributed by atoms with Crippen molar-refractivity contribution in [2.75, 3.05) is 32.8 Å². The fourth-order valence-corrected chi connectivity index (χ4v) is 4.56. The molecule has 1 aromatic carbocycles. The maximum absolute atomic E-state index is 13.9. The number of ether oxygens (including phenoxy) is 1. The summed E-state index contributed by atoms with van der Waals surface area (Å²) in [6, 6.07) is 2.52. The zero-order valence-electron chi connectivity index (χ0n) is 15.9. The van der Waals surface area contributed by atoms with Crippen LogP contribution in [0.1, 0.15) is 35.7 Å². The van der Waals surface area contributed by atoms with Gasteiger partial charge in [-0.15, -0.1) is 0 Å². The van der Waals surface area contributed by atoms with Crippen LogP contribution in [0, 0.1) is 11.7 Å². The number of primary amides is 1. The largest absolute Gasteiger partial charge is 0.381 e. The highest BCUT2D eigenvalue weighted by atomic mass is 19.1. The Bertz CT molecular complexity index is 1060. The smallest absolute Gasteiger partial charge is 0.251 e. The van der Waals surface area contributed by atoms with E-state index in [9.17, 15) is 9.18 Å². The Kier molecular flexibility index (Phi) is 3.96. The summed E-state index contributed by atoms with van der Waals surface area (Å²) < 4.78 is 21.0. The number of nitrogens with zero attached hydrogens (tertiary/aromatic N) is 3. The number of rotatable bonds is 4. The lowest BCUT2D eigenvalue weighted by Gasteiger charge is -2.41. The molecule has 0 spiro atoms. The molecular formula is C20H24FN5O2. The summed E-state index contributed by atoms with van der Waals surface area (Å²) in [5.74, 6) is -0.506. The van der Waals surface area contributed by atoms with Crippen molar-refractivity contribution < 1.29 is 13.9 Å². The van der Waals surface area contributed by atoms with Crippen LogP contribution in [0.25, 0.3) is 16.7 Å². The van der Waals surface area contributed by atoms with Crippen LogP contribution in [0.4, 0.5) is 4.39 Å². The first-order chi connectivity index (χ1) is 13.4. The molecule has 148 valence electrons. The SMILES string of the molecule is CC1(c2c[nH]n3c2nc2cc(F)cc(C(N)=O)c23)CCN(CC2COC2)CC1. The van der Waals surface area contributed by atoms with Gasteiger partial charge in [0.25, 0.3) is 5.91 Å². The van der Waals surface area contributed by atoms with Crippen molar-refractivity contribution in [3.8, 4) is 0 Å². The van der Waals surface area contributed by atoms with Crippen molar-refractivity contribution >= 4 is 22.6 Å². The second-order valence-electron chi connectivity index (χ2n) is 8.41. The van der Waals surface area contributed by atoms with E-state index in [2.05, 4.69) is 21.9 Å². The molecule has 3 N–H and O–H groups in total. The number of halogens is 1. The van der Waals surface area contributed by atoms with E-state index in [-0.39, 0.29) is 11.0 Å². The van der Waals surface area contributed by atoms with Gasteiger partial charge >= 0.3 is 0 Å². The molecule has 0 unspecified atom stereocenters. The van der Waals surface area contributed by atoms with Gasteiger partial charge < -0.3 is 15.4 Å². The molecule has 1 amide bonds. The van der Waals surface area contributed by atoms with Crippen LogP contribution in [0.2, 0.25) is 0 Å². The van der Waals surface area contributed by atoms with Crippen LogP contribution >= 0.6 is 0 Å². The molecule has 2 aliphatic heterocycles. The number of fused-ring (bicyclic) bond motifs is 3. The highest BCUT2D eigenvalue weighted by molar-refractivity contribution is 6.05. The second kappa shape index (κ2) is 6.28. The summed E-state index contributed by atoms with van der Waals surface area (Å²) in [7, 11) is 0. The van der Waals surface area contributed by atoms with Gasteiger partial charge in [0, 0.05) is 35.7 Å². The Balaban J connectivity index is 1.49. The summed E-state index contributed by atoms with van der Waals surface area (Å²) in [6.45, 7) is 7.19. The van der Waals surface area contributed by atoms with Gasteiger partial charge in [-0.3, -0.25) is 9.89 Å². The number of nitrogens with two attached hydrogens (primary N) is 1. The number of carbonyl (C=O) groups excluding carboxylic acids is 1. The number of H-pyrrole nitrogens is 1. The number of carbonyl (C=O) groups is 1. The Morgan fingerprint density at radius 3 is 2.79 bits per heavy atom. The standard InChI is InChI=1S/C20H24FN5O2/c1-20(2-4-25(5-3-20)9-12-10-28-11-12)15-8-23-26-17-14(18(22)27)6-13(21)7-16(17)24-19(15)26/h6-8,12,23H,2-5,9-11H2,1H3,(H2,22,27). The predicted molar refractivity (Wildman–Crippen MR) is 103 cm³/mol. The molecule has 2 saturated heterocycles. The fraction of sp³-hybridized carbons (Fsp3) is 0.500. The molecule has 2 fully saturated rings. The third-order valence-corrected chi connectivity index (χ3v) is 6.39. The van der Waals surface area contributed by atoms with Crippen molar-refractivity contribution in [2.45, 2.75) is 25.2 Å². The third kappa shape index (κ3) is 2.70. The average Bonchev–Trinajstić information content (AvgIpc) is 3.17. The van der Waals surface area contributed by atoms with Gasteiger partial charge in [0.2, 0.25) is 0 Å². The van der Waals surface area contributed by atoms with Gasteiger partial charge in [-0.2, -0.15) is 0 Å². The second-order valence-corrected chi connectivity index (χ2v) is 8.41. The number of nitrogens with one attached hydrogen (secondary N) is 1. The minimum atomic E-state index is -0.665. The van der Waals surface area contributed by atoms with Crippen molar-refractivity contribution in [3.63, 3.8) is 0 Å². The molecule has 2 aromatic heterocycles. The molecule has 4 heterocycles. The molecule has 3 aromatic rings. The Morgan fingerprint density at radius 1 is 1.39 bits per heavy atom. The lowest BCUT2D eigenvalue weighted by molar-refractivity contribution is -0.0502. The van der Waals surface area contributed by atoms with Crippen LogP contribution < -0.4 is 5.73 Å². The van der Waals surface area contributed by atoms with Crippen molar-refractivity contribution in [3.05, 3.63) is 35.3 Å². The Hall–Kier alpha value is -2.45. The van der Waals surface area contributed by atoms with Gasteiger partial charge in [0.15, 0.2) is 5.65 Å². The fourth-order valence-electron chi connectivity index (χ4n) is 4.56. The molecule has 7 nitrogen and oxygen atoms in total. The summed E-state index contributed by atoms with van der Waals surface area (Å²) in [6.07, 6.45) is 4.01. The Labute approximate surface area is 161 Å². The quantitative estimate of drug-likeness (QED) is 0.719. The molecule has 0 saturated carbocycles. The number of aromatic nitrogens is 3. The minimum absolute atomic E-state index is 0.0271. The minimum Gasteiger partial charge on any atom is -0.381 e. The number of hydrogen-bond donors (Lipinski definition) is 2. The Morgan fingerprint density at radius 2 is 2.14 bits per heavy atom. The van der Waals surface area contributed by atoms with E-state index in [0.717, 1.165) is 56.9 Å². The van der Waals surface area contributed by atoms with E-state index in [1.54, 1.807) is 4.52 Å². The van der Waals surface area contributed by atoms with E-state index in [1.807, 2.05) is 6.20 Å². The van der Waals surface area contributed by atoms with E-state index < -0.39 is 11.7 Å². The van der Waals surface area contributed by atoms with Crippen LogP contribution in [-0.2, 0) is 10.2 Å². The zero-order valence-corrected chi connectivity index (χ0v) is 15.9. The zero-order chi connectivity index (χ0) is 19.5. The highest BCUT2D eigenvalue weighted by Crippen LogP contribution is 2.38. The molecule has 0 atom stereocenters. The lowest BCUT2D eigenvalue weighted by Crippen LogP contribution is -2.46. The monoisotopic (exact) mass is 385 g/mol. The maximum atomic E-state index is 13.9. The first-order valence-corrected chi connectivity index (χ1v) is 9.74. The summed E-state index contributed by atoms with van der Waals surface area (Å²) in [4.78, 5) is 19.0. The third-order valence-electron chi connectivity index (χ3n) is 6.39. The first-order valence-electron chi connectivity index (χ1n) is 9.74. The van der Waals surface area contributed by atoms with Crippen LogP contribution in [0.15, 0.2) is 18.3 Å². The molecule has 8 heteroatoms. The number of imidazole rings is 1. The average molecular weight is 385 g/mol. The highest BCUT2D eigenvalue weighted by Gasteiger charge is 2.36. The molecular weight excluding hydrogens is 361 g/mol. The van der Waals surface area contributed by atoms with Crippen LogP contribution in [-0.4, -0.2) is 58.3 Å². The molecule has 2 aliphatic rings. The van der Waals surface area contributed by atoms with Gasteiger partial charge in [0.05, 0.1) is 24.3 Å². The number of hydrogen-bond acceptors (Lipinski definition) is 4. The molecule has 5 rings (SSSR count). The van der Waals surface area contributed by atoms with E-state index in [0.29, 0.717) is 17.0 Å². The number of piperidine rings is 1. The number of likely N-dealkylation sites (tertiary alicyclic amines) is 1. The van der Waals surface area contributed by atoms with Gasteiger partial charge in [-0.1, -0.05) is 6.92 Å². The van der Waals surface area contributed by atoms with E-state index in [4.69, 9.17) is 10.5 Å². The first kappa shape index (κ1) is 17.6. The van der Waals surface area contributed by atoms with Gasteiger partial charge in [-0.25, -0.2) is 13.9 Å². The van der Waals surface area contributed by atoms with Crippen molar-refractivity contribution in [2.24, 2.45) is 11.7 Å². The normalized spacial score (nSPS) is 20.6. The predicted octanol–water partition coefficient (Wildman–Crippen LogP) is 2.05. The number of aromatic amines is 1. The topological polar surface area (TPSA) is 88.7 Å². The summed E-state index contributed by atoms with van der Waals surface area (Å²) in [5.41, 5.74) is 8.39. The molecule has 0 radical (unpaired) electrons. The molecule has 0 aliphatic carbocycles. The summed E-state index contributed by atoms with van der Waals surface area (Å²) >= 11 is 0. The number of benzene rings is 1. The van der Waals surface area contributed by atoms with Gasteiger partial charge in [-0.05, 0) is 32.0 Å². The number of amides is 1. The van der Waals surface area contributed by atoms with E-state index >= 15 is 0 Å². The van der Waals surface area contributed by atoms with Crippen LogP contribution in [0.3, 0.4) is 0 Å². The maximum Gasteiger partial charge on any atom is 0.251 e. The summed E-state index contributed by atoms with van der Waals surface area (Å²) in [5, 5.41) is 3.20. The molecule has 28 heavy (non-hydrogen) atoms. The van der Waals surface area contributed by atoms with Gasteiger partial charge in [0.1, 0.15) is 11.3 Å². The lowest BCUT2D eigenvalue weighted by atomic mass is 9.75. The van der Waals surface area contributed by atoms with Crippen molar-refractivity contribution in [1.82, 2.24) is 19.5 Å². The van der Waals surface area contributed by atoms with E-state index in [1.165, 1.54) is 12.1 Å². The molecule has 0 bridgehead atoms. The van der Waals surface area contributed by atoms with Crippen molar-refractivity contribution in [1.29, 1.82) is 0 Å². The van der Waals surface area contributed by atoms with Crippen LogP contribution in [0.5, 0.6) is 0 Å².